The predicted octanol–water partition coefficient (Wildman–Crippen LogP) is 3.29. The largest absolute Gasteiger partial charge is 0.471 e. The molecule has 0 atom stereocenters. The highest BCUT2D eigenvalue weighted by Crippen LogP contribution is 2.33. The maximum atomic E-state index is 5.86. The van der Waals surface area contributed by atoms with E-state index in [0.717, 1.165) is 0 Å². The zero-order chi connectivity index (χ0) is 10.8. The summed E-state index contributed by atoms with van der Waals surface area (Å²) in [6, 6.07) is 5.70. The Morgan fingerprint density at radius 2 is 1.71 bits per heavy atom. The van der Waals surface area contributed by atoms with Crippen LogP contribution >= 0.6 is 0 Å². The van der Waals surface area contributed by atoms with Crippen molar-refractivity contribution < 1.29 is 4.74 Å². The summed E-state index contributed by atoms with van der Waals surface area (Å²) in [5.41, 5.74) is -0.133. The minimum absolute atomic E-state index is 0.0878. The zero-order valence-electron chi connectivity index (χ0n) is 9.66. The van der Waals surface area contributed by atoms with Crippen LogP contribution in [-0.4, -0.2) is 10.6 Å². The zero-order valence-corrected chi connectivity index (χ0v) is 9.66. The highest BCUT2D eigenvalue weighted by atomic mass is 16.5. The van der Waals surface area contributed by atoms with Gasteiger partial charge in [0.1, 0.15) is 5.60 Å². The first-order valence-corrected chi connectivity index (χ1v) is 4.93. The molecule has 78 valence electrons. The molecule has 0 radical (unpaired) electrons. The molecule has 0 saturated carbocycles. The number of rotatable bonds is 2. The molecule has 1 aromatic heterocycles. The normalized spacial score (nSPS) is 12.6. The van der Waals surface area contributed by atoms with Gasteiger partial charge in [0, 0.05) is 17.7 Å². The molecule has 0 unspecified atom stereocenters. The Kier molecular flexibility index (Phi) is 2.84. The standard InChI is InChI=1S/C12H19NO/c1-11(2,3)12(4,5)14-10-8-6-7-9-13-10/h6-9H,1-5H3. The Morgan fingerprint density at radius 3 is 2.14 bits per heavy atom. The molecule has 0 aromatic carbocycles. The van der Waals surface area contributed by atoms with Crippen LogP contribution in [0.3, 0.4) is 0 Å². The molecule has 2 heteroatoms. The quantitative estimate of drug-likeness (QED) is 0.719. The van der Waals surface area contributed by atoms with E-state index in [1.807, 2.05) is 18.2 Å². The van der Waals surface area contributed by atoms with E-state index in [0.29, 0.717) is 5.88 Å². The third-order valence-electron chi connectivity index (χ3n) is 2.80. The summed E-state index contributed by atoms with van der Waals surface area (Å²) < 4.78 is 5.86. The van der Waals surface area contributed by atoms with Crippen molar-refractivity contribution in [3.63, 3.8) is 0 Å². The van der Waals surface area contributed by atoms with Gasteiger partial charge in [-0.05, 0) is 19.9 Å². The van der Waals surface area contributed by atoms with E-state index in [4.69, 9.17) is 4.74 Å². The van der Waals surface area contributed by atoms with Crippen molar-refractivity contribution in [2.45, 2.75) is 40.2 Å². The Morgan fingerprint density at radius 1 is 1.07 bits per heavy atom. The van der Waals surface area contributed by atoms with Gasteiger partial charge in [0.2, 0.25) is 5.88 Å². The van der Waals surface area contributed by atoms with Gasteiger partial charge in [-0.2, -0.15) is 0 Å². The van der Waals surface area contributed by atoms with Crippen LogP contribution in [0.15, 0.2) is 24.4 Å². The fourth-order valence-corrected chi connectivity index (χ4v) is 0.822. The first kappa shape index (κ1) is 11.0. The third-order valence-corrected chi connectivity index (χ3v) is 2.80. The van der Waals surface area contributed by atoms with E-state index in [-0.39, 0.29) is 11.0 Å². The molecule has 0 aliphatic heterocycles. The first-order chi connectivity index (χ1) is 6.33. The van der Waals surface area contributed by atoms with Gasteiger partial charge in [0.05, 0.1) is 0 Å². The minimum atomic E-state index is -0.221. The minimum Gasteiger partial charge on any atom is -0.471 e. The van der Waals surface area contributed by atoms with Crippen molar-refractivity contribution in [1.29, 1.82) is 0 Å². The molecular weight excluding hydrogens is 174 g/mol. The van der Waals surface area contributed by atoms with Crippen molar-refractivity contribution in [3.05, 3.63) is 24.4 Å². The lowest BCUT2D eigenvalue weighted by atomic mass is 9.79. The smallest absolute Gasteiger partial charge is 0.213 e. The predicted molar refractivity (Wildman–Crippen MR) is 58.4 cm³/mol. The topological polar surface area (TPSA) is 22.1 Å². The average Bonchev–Trinajstić information content (AvgIpc) is 2.03. The molecule has 0 N–H and O–H groups in total. The lowest BCUT2D eigenvalue weighted by molar-refractivity contribution is -0.00292. The molecule has 1 aromatic rings. The summed E-state index contributed by atoms with van der Waals surface area (Å²) in [5.74, 6) is 0.687. The maximum absolute atomic E-state index is 5.86. The van der Waals surface area contributed by atoms with Crippen LogP contribution in [0.25, 0.3) is 0 Å². The summed E-state index contributed by atoms with van der Waals surface area (Å²) in [5, 5.41) is 0. The molecule has 0 fully saturated rings. The fraction of sp³-hybridized carbons (Fsp3) is 0.583. The third kappa shape index (κ3) is 2.47. The van der Waals surface area contributed by atoms with Gasteiger partial charge in [-0.3, -0.25) is 0 Å². The van der Waals surface area contributed by atoms with Crippen LogP contribution in [0.4, 0.5) is 0 Å². The molecule has 0 aliphatic carbocycles. The molecular formula is C12H19NO. The van der Waals surface area contributed by atoms with Crippen molar-refractivity contribution in [2.24, 2.45) is 5.41 Å². The van der Waals surface area contributed by atoms with Gasteiger partial charge in [-0.25, -0.2) is 4.98 Å². The van der Waals surface area contributed by atoms with Gasteiger partial charge in [-0.15, -0.1) is 0 Å². The second kappa shape index (κ2) is 3.60. The van der Waals surface area contributed by atoms with Crippen molar-refractivity contribution in [2.75, 3.05) is 0 Å². The lowest BCUT2D eigenvalue weighted by Gasteiger charge is -2.38. The number of hydrogen-bond acceptors (Lipinski definition) is 2. The fourth-order valence-electron chi connectivity index (χ4n) is 0.822. The Hall–Kier alpha value is -1.05. The second-order valence-corrected chi connectivity index (χ2v) is 5.03. The van der Waals surface area contributed by atoms with Crippen LogP contribution in [0.1, 0.15) is 34.6 Å². The second-order valence-electron chi connectivity index (χ2n) is 5.03. The van der Waals surface area contributed by atoms with Crippen LogP contribution < -0.4 is 4.74 Å². The van der Waals surface area contributed by atoms with Crippen molar-refractivity contribution in [3.8, 4) is 5.88 Å². The molecule has 1 rings (SSSR count). The average molecular weight is 193 g/mol. The van der Waals surface area contributed by atoms with Crippen molar-refractivity contribution >= 4 is 0 Å². The SMILES string of the molecule is CC(C)(C)C(C)(C)Oc1ccccn1. The number of pyridine rings is 1. The summed E-state index contributed by atoms with van der Waals surface area (Å²) >= 11 is 0. The summed E-state index contributed by atoms with van der Waals surface area (Å²) in [6.07, 6.45) is 1.74. The van der Waals surface area contributed by atoms with Crippen LogP contribution in [-0.2, 0) is 0 Å². The van der Waals surface area contributed by atoms with E-state index >= 15 is 0 Å². The molecule has 2 nitrogen and oxygen atoms in total. The molecule has 0 amide bonds. The van der Waals surface area contributed by atoms with Gasteiger partial charge in [0.15, 0.2) is 0 Å². The van der Waals surface area contributed by atoms with Gasteiger partial charge < -0.3 is 4.74 Å². The van der Waals surface area contributed by atoms with Crippen LogP contribution in [0, 0.1) is 5.41 Å². The molecule has 0 spiro atoms. The van der Waals surface area contributed by atoms with E-state index in [1.54, 1.807) is 6.20 Å². The number of hydrogen-bond donors (Lipinski definition) is 0. The number of ether oxygens (including phenoxy) is 1. The molecule has 0 bridgehead atoms. The van der Waals surface area contributed by atoms with Gasteiger partial charge >= 0.3 is 0 Å². The molecule has 0 aliphatic rings. The highest BCUT2D eigenvalue weighted by molar-refractivity contribution is 5.11. The summed E-state index contributed by atoms with van der Waals surface area (Å²) in [4.78, 5) is 4.16. The first-order valence-electron chi connectivity index (χ1n) is 4.93. The Bertz CT molecular complexity index is 285. The maximum Gasteiger partial charge on any atom is 0.213 e. The Balaban J connectivity index is 2.79. The monoisotopic (exact) mass is 193 g/mol. The highest BCUT2D eigenvalue weighted by Gasteiger charge is 2.35. The summed E-state index contributed by atoms with van der Waals surface area (Å²) in [7, 11) is 0. The van der Waals surface area contributed by atoms with Crippen LogP contribution in [0.5, 0.6) is 5.88 Å². The van der Waals surface area contributed by atoms with Gasteiger partial charge in [0.25, 0.3) is 0 Å². The van der Waals surface area contributed by atoms with Crippen molar-refractivity contribution in [1.82, 2.24) is 4.98 Å². The van der Waals surface area contributed by atoms with E-state index in [2.05, 4.69) is 39.6 Å². The number of nitrogens with zero attached hydrogens (tertiary/aromatic N) is 1. The molecule has 14 heavy (non-hydrogen) atoms. The molecule has 0 saturated heterocycles. The van der Waals surface area contributed by atoms with Gasteiger partial charge in [-0.1, -0.05) is 26.8 Å². The van der Waals surface area contributed by atoms with Crippen LogP contribution in [0.2, 0.25) is 0 Å². The van der Waals surface area contributed by atoms with E-state index in [1.165, 1.54) is 0 Å². The molecule has 1 heterocycles. The summed E-state index contributed by atoms with van der Waals surface area (Å²) in [6.45, 7) is 10.7. The number of aromatic nitrogens is 1. The van der Waals surface area contributed by atoms with E-state index < -0.39 is 0 Å². The van der Waals surface area contributed by atoms with E-state index in [9.17, 15) is 0 Å². The lowest BCUT2D eigenvalue weighted by Crippen LogP contribution is -2.42. The Labute approximate surface area is 86.3 Å².